The molecule has 0 spiro atoms. The number of hydrogen-bond acceptors (Lipinski definition) is 5. The van der Waals surface area contributed by atoms with Crippen LogP contribution >= 0.6 is 0 Å². The molecular weight excluding hydrogens is 314 g/mol. The lowest BCUT2D eigenvalue weighted by Gasteiger charge is -2.34. The number of anilines is 1. The summed E-state index contributed by atoms with van der Waals surface area (Å²) in [5.41, 5.74) is 0.818. The van der Waals surface area contributed by atoms with Gasteiger partial charge in [-0.05, 0) is 12.5 Å². The predicted molar refractivity (Wildman–Crippen MR) is 88.6 cm³/mol. The molecular formula is C15H21N5O2S. The number of piperazine rings is 1. The summed E-state index contributed by atoms with van der Waals surface area (Å²) in [6.07, 6.45) is 0. The average molecular weight is 335 g/mol. The maximum absolute atomic E-state index is 12.5. The van der Waals surface area contributed by atoms with Crippen molar-refractivity contribution >= 4 is 16.0 Å². The molecule has 1 fully saturated rings. The molecule has 0 bridgehead atoms. The minimum Gasteiger partial charge on any atom is -0.338 e. The van der Waals surface area contributed by atoms with Crippen LogP contribution in [0.1, 0.15) is 11.4 Å². The highest BCUT2D eigenvalue weighted by molar-refractivity contribution is 7.88. The lowest BCUT2D eigenvalue weighted by Crippen LogP contribution is -2.49. The third-order valence-corrected chi connectivity index (χ3v) is 6.03. The molecule has 1 aliphatic heterocycles. The van der Waals surface area contributed by atoms with Gasteiger partial charge in [-0.25, -0.2) is 8.42 Å². The first-order valence-electron chi connectivity index (χ1n) is 7.60. The van der Waals surface area contributed by atoms with Crippen LogP contribution in [0.15, 0.2) is 30.3 Å². The number of aryl methyl sites for hydroxylation is 1. The first-order chi connectivity index (χ1) is 11.0. The largest absolute Gasteiger partial charge is 0.338 e. The molecule has 0 N–H and O–H groups in total. The van der Waals surface area contributed by atoms with Crippen molar-refractivity contribution in [1.82, 2.24) is 19.1 Å². The number of benzene rings is 1. The summed E-state index contributed by atoms with van der Waals surface area (Å²) in [6, 6.07) is 9.29. The lowest BCUT2D eigenvalue weighted by atomic mass is 10.2. The van der Waals surface area contributed by atoms with Crippen LogP contribution in [0.5, 0.6) is 0 Å². The fourth-order valence-corrected chi connectivity index (χ4v) is 4.23. The van der Waals surface area contributed by atoms with E-state index in [1.54, 1.807) is 4.31 Å². The van der Waals surface area contributed by atoms with Gasteiger partial charge in [0.05, 0.1) is 5.75 Å². The summed E-state index contributed by atoms with van der Waals surface area (Å²) in [5, 5.41) is 8.22. The fourth-order valence-electron chi connectivity index (χ4n) is 2.71. The molecule has 23 heavy (non-hydrogen) atoms. The van der Waals surface area contributed by atoms with Gasteiger partial charge in [0, 0.05) is 33.2 Å². The molecule has 8 heteroatoms. The Hall–Kier alpha value is -1.93. The minimum atomic E-state index is -3.28. The van der Waals surface area contributed by atoms with E-state index in [0.717, 1.165) is 17.3 Å². The normalized spacial score (nSPS) is 16.7. The number of hydrogen-bond donors (Lipinski definition) is 0. The first-order valence-corrected chi connectivity index (χ1v) is 9.21. The summed E-state index contributed by atoms with van der Waals surface area (Å²) in [7, 11) is -1.36. The maximum Gasteiger partial charge on any atom is 0.227 e. The Morgan fingerprint density at radius 1 is 1.04 bits per heavy atom. The quantitative estimate of drug-likeness (QED) is 0.825. The number of nitrogens with zero attached hydrogens (tertiary/aromatic N) is 5. The highest BCUT2D eigenvalue weighted by atomic mass is 32.2. The maximum atomic E-state index is 12.5. The fraction of sp³-hybridized carbons (Fsp3) is 0.467. The molecule has 0 amide bonds. The van der Waals surface area contributed by atoms with Gasteiger partial charge in [-0.15, -0.1) is 10.2 Å². The second-order valence-corrected chi connectivity index (χ2v) is 7.70. The van der Waals surface area contributed by atoms with Gasteiger partial charge in [0.2, 0.25) is 16.0 Å². The van der Waals surface area contributed by atoms with E-state index < -0.39 is 10.0 Å². The Bertz CT molecular complexity index is 764. The van der Waals surface area contributed by atoms with E-state index in [-0.39, 0.29) is 5.75 Å². The Kier molecular flexibility index (Phi) is 4.36. The zero-order valence-corrected chi connectivity index (χ0v) is 14.2. The smallest absolute Gasteiger partial charge is 0.227 e. The van der Waals surface area contributed by atoms with Crippen LogP contribution in [0.4, 0.5) is 5.95 Å². The van der Waals surface area contributed by atoms with Crippen molar-refractivity contribution in [1.29, 1.82) is 0 Å². The predicted octanol–water partition coefficient (Wildman–Crippen LogP) is 0.776. The van der Waals surface area contributed by atoms with E-state index in [2.05, 4.69) is 15.1 Å². The Balaban J connectivity index is 1.65. The Morgan fingerprint density at radius 3 is 2.26 bits per heavy atom. The van der Waals surface area contributed by atoms with Crippen LogP contribution in [-0.2, 0) is 22.8 Å². The van der Waals surface area contributed by atoms with E-state index in [4.69, 9.17) is 0 Å². The van der Waals surface area contributed by atoms with Gasteiger partial charge < -0.3 is 9.47 Å². The summed E-state index contributed by atoms with van der Waals surface area (Å²) in [4.78, 5) is 2.08. The summed E-state index contributed by atoms with van der Waals surface area (Å²) >= 11 is 0. The molecule has 0 unspecified atom stereocenters. The molecule has 1 aromatic carbocycles. The van der Waals surface area contributed by atoms with Crippen LogP contribution in [0.25, 0.3) is 0 Å². The van der Waals surface area contributed by atoms with E-state index in [0.29, 0.717) is 26.2 Å². The van der Waals surface area contributed by atoms with E-state index in [1.807, 2.05) is 48.9 Å². The topological polar surface area (TPSA) is 71.3 Å². The van der Waals surface area contributed by atoms with E-state index in [9.17, 15) is 8.42 Å². The van der Waals surface area contributed by atoms with Crippen molar-refractivity contribution in [3.63, 3.8) is 0 Å². The molecule has 0 radical (unpaired) electrons. The minimum absolute atomic E-state index is 0.0525. The van der Waals surface area contributed by atoms with E-state index in [1.165, 1.54) is 0 Å². The molecule has 1 saturated heterocycles. The van der Waals surface area contributed by atoms with Crippen LogP contribution in [-0.4, -0.2) is 53.7 Å². The van der Waals surface area contributed by atoms with Gasteiger partial charge in [0.25, 0.3) is 0 Å². The second-order valence-electron chi connectivity index (χ2n) is 5.73. The Labute approximate surface area is 136 Å². The third-order valence-electron chi connectivity index (χ3n) is 4.18. The highest BCUT2D eigenvalue weighted by Gasteiger charge is 2.28. The van der Waals surface area contributed by atoms with Crippen LogP contribution in [0.3, 0.4) is 0 Å². The molecule has 3 rings (SSSR count). The van der Waals surface area contributed by atoms with Gasteiger partial charge >= 0.3 is 0 Å². The average Bonchev–Trinajstić information content (AvgIpc) is 2.88. The molecule has 124 valence electrons. The summed E-state index contributed by atoms with van der Waals surface area (Å²) < 4.78 is 28.6. The van der Waals surface area contributed by atoms with Gasteiger partial charge in [0.1, 0.15) is 5.82 Å². The Morgan fingerprint density at radius 2 is 1.70 bits per heavy atom. The van der Waals surface area contributed by atoms with Crippen molar-refractivity contribution in [3.8, 4) is 0 Å². The number of aromatic nitrogens is 3. The van der Waals surface area contributed by atoms with Gasteiger partial charge in [0.15, 0.2) is 0 Å². The molecule has 2 heterocycles. The molecule has 0 saturated carbocycles. The van der Waals surface area contributed by atoms with Crippen molar-refractivity contribution in [3.05, 3.63) is 41.7 Å². The van der Waals surface area contributed by atoms with Crippen molar-refractivity contribution < 1.29 is 8.42 Å². The van der Waals surface area contributed by atoms with Crippen molar-refractivity contribution in [2.45, 2.75) is 12.7 Å². The molecule has 1 aliphatic rings. The van der Waals surface area contributed by atoms with Gasteiger partial charge in [-0.2, -0.15) is 4.31 Å². The number of sulfonamides is 1. The SMILES string of the molecule is Cc1nnc(N2CCN(S(=O)(=O)Cc3ccccc3)CC2)n1C. The van der Waals surface area contributed by atoms with Gasteiger partial charge in [-0.3, -0.25) is 0 Å². The van der Waals surface area contributed by atoms with Gasteiger partial charge in [-0.1, -0.05) is 30.3 Å². The molecule has 2 aromatic rings. The molecule has 7 nitrogen and oxygen atoms in total. The lowest BCUT2D eigenvalue weighted by molar-refractivity contribution is 0.381. The summed E-state index contributed by atoms with van der Waals surface area (Å²) in [5.74, 6) is 1.69. The zero-order chi connectivity index (χ0) is 16.4. The second kappa shape index (κ2) is 6.29. The van der Waals surface area contributed by atoms with Crippen molar-refractivity contribution in [2.24, 2.45) is 7.05 Å². The monoisotopic (exact) mass is 335 g/mol. The molecule has 0 aliphatic carbocycles. The first kappa shape index (κ1) is 15.9. The van der Waals surface area contributed by atoms with Crippen LogP contribution in [0.2, 0.25) is 0 Å². The van der Waals surface area contributed by atoms with Crippen molar-refractivity contribution in [2.75, 3.05) is 31.1 Å². The zero-order valence-electron chi connectivity index (χ0n) is 13.4. The summed E-state index contributed by atoms with van der Waals surface area (Å²) in [6.45, 7) is 4.10. The van der Waals surface area contributed by atoms with Crippen LogP contribution in [0, 0.1) is 6.92 Å². The molecule has 1 aromatic heterocycles. The third kappa shape index (κ3) is 3.37. The molecule has 0 atom stereocenters. The standard InChI is InChI=1S/C15H21N5O2S/c1-13-16-17-15(18(13)2)19-8-10-20(11-9-19)23(21,22)12-14-6-4-3-5-7-14/h3-7H,8-12H2,1-2H3. The number of rotatable bonds is 4. The van der Waals surface area contributed by atoms with Crippen LogP contribution < -0.4 is 4.90 Å². The van der Waals surface area contributed by atoms with E-state index >= 15 is 0 Å². The highest BCUT2D eigenvalue weighted by Crippen LogP contribution is 2.17.